The first-order valence-electron chi connectivity index (χ1n) is 5.87. The Labute approximate surface area is 106 Å². The van der Waals surface area contributed by atoms with E-state index in [2.05, 4.69) is 5.16 Å². The minimum Gasteiger partial charge on any atom is -0.360 e. The highest BCUT2D eigenvalue weighted by Crippen LogP contribution is 2.21. The van der Waals surface area contributed by atoms with Crippen LogP contribution in [-0.2, 0) is 14.4 Å². The number of carbonyl (C=O) groups is 3. The molecular formula is C13H17NO4. The molecule has 1 aromatic rings. The average molecular weight is 251 g/mol. The van der Waals surface area contributed by atoms with Gasteiger partial charge in [0.25, 0.3) is 0 Å². The summed E-state index contributed by atoms with van der Waals surface area (Å²) in [4.78, 5) is 34.3. The van der Waals surface area contributed by atoms with Gasteiger partial charge >= 0.3 is 0 Å². The maximum Gasteiger partial charge on any atom is 0.154 e. The Hall–Kier alpha value is -1.78. The van der Waals surface area contributed by atoms with Gasteiger partial charge in [0, 0.05) is 18.9 Å². The third-order valence-electron chi connectivity index (χ3n) is 2.61. The van der Waals surface area contributed by atoms with E-state index in [1.807, 2.05) is 0 Å². The highest BCUT2D eigenvalue weighted by atomic mass is 16.5. The van der Waals surface area contributed by atoms with E-state index in [9.17, 15) is 14.4 Å². The van der Waals surface area contributed by atoms with Gasteiger partial charge in [-0.2, -0.15) is 0 Å². The van der Waals surface area contributed by atoms with Gasteiger partial charge in [-0.25, -0.2) is 0 Å². The summed E-state index contributed by atoms with van der Waals surface area (Å²) in [5.74, 6) is -1.05. The summed E-state index contributed by atoms with van der Waals surface area (Å²) in [5, 5.41) is 3.68. The van der Waals surface area contributed by atoms with Gasteiger partial charge in [-0.05, 0) is 27.2 Å². The fourth-order valence-corrected chi connectivity index (χ4v) is 1.76. The molecular weight excluding hydrogens is 234 g/mol. The lowest BCUT2D eigenvalue weighted by Gasteiger charge is -2.08. The molecule has 5 nitrogen and oxygen atoms in total. The molecule has 1 atom stereocenters. The lowest BCUT2D eigenvalue weighted by molar-refractivity contribution is -0.128. The number of hydrogen-bond acceptors (Lipinski definition) is 5. The predicted molar refractivity (Wildman–Crippen MR) is 64.2 cm³/mol. The fraction of sp³-hybridized carbons (Fsp3) is 0.538. The van der Waals surface area contributed by atoms with Crippen molar-refractivity contribution in [2.24, 2.45) is 0 Å². The van der Waals surface area contributed by atoms with Crippen molar-refractivity contribution in [1.82, 2.24) is 5.16 Å². The van der Waals surface area contributed by atoms with Crippen LogP contribution < -0.4 is 0 Å². The normalized spacial score (nSPS) is 12.2. The fourth-order valence-electron chi connectivity index (χ4n) is 1.76. The van der Waals surface area contributed by atoms with Crippen molar-refractivity contribution in [3.8, 4) is 0 Å². The van der Waals surface area contributed by atoms with Crippen molar-refractivity contribution < 1.29 is 18.9 Å². The van der Waals surface area contributed by atoms with Gasteiger partial charge in [-0.3, -0.25) is 9.59 Å². The van der Waals surface area contributed by atoms with Crippen LogP contribution in [0.15, 0.2) is 10.6 Å². The molecule has 0 aliphatic rings. The second kappa shape index (κ2) is 6.23. The van der Waals surface area contributed by atoms with Crippen LogP contribution in [0.2, 0.25) is 0 Å². The zero-order valence-electron chi connectivity index (χ0n) is 10.9. The predicted octanol–water partition coefficient (Wildman–Crippen LogP) is 1.98. The Balaban J connectivity index is 2.71. The standard InChI is InChI=1S/C13H17NO4/c1-8-7-12(18-14-8)13(10(3)16)11(17)6-4-5-9(2)15/h7,13H,4-6H2,1-3H3. The molecule has 5 heteroatoms. The molecule has 1 unspecified atom stereocenters. The molecule has 0 bridgehead atoms. The number of aromatic nitrogens is 1. The van der Waals surface area contributed by atoms with E-state index < -0.39 is 5.92 Å². The van der Waals surface area contributed by atoms with Crippen molar-refractivity contribution in [2.75, 3.05) is 0 Å². The number of aryl methyl sites for hydroxylation is 1. The molecule has 0 saturated carbocycles. The van der Waals surface area contributed by atoms with Crippen molar-refractivity contribution in [3.05, 3.63) is 17.5 Å². The molecule has 0 fully saturated rings. The van der Waals surface area contributed by atoms with Gasteiger partial charge in [-0.1, -0.05) is 5.16 Å². The van der Waals surface area contributed by atoms with Crippen LogP contribution >= 0.6 is 0 Å². The summed E-state index contributed by atoms with van der Waals surface area (Å²) < 4.78 is 4.98. The van der Waals surface area contributed by atoms with Crippen LogP contribution in [0.5, 0.6) is 0 Å². The minimum atomic E-state index is -0.891. The summed E-state index contributed by atoms with van der Waals surface area (Å²) in [6.07, 6.45) is 1.01. The SMILES string of the molecule is CC(=O)CCCC(=O)C(C(C)=O)c1cc(C)no1. The van der Waals surface area contributed by atoms with Gasteiger partial charge in [0.15, 0.2) is 11.5 Å². The molecule has 0 aliphatic carbocycles. The highest BCUT2D eigenvalue weighted by molar-refractivity contribution is 6.06. The van der Waals surface area contributed by atoms with Crippen molar-refractivity contribution in [3.63, 3.8) is 0 Å². The summed E-state index contributed by atoms with van der Waals surface area (Å²) in [7, 11) is 0. The molecule has 1 heterocycles. The number of nitrogens with zero attached hydrogens (tertiary/aromatic N) is 1. The molecule has 0 aromatic carbocycles. The largest absolute Gasteiger partial charge is 0.360 e. The molecule has 1 aromatic heterocycles. The van der Waals surface area contributed by atoms with E-state index in [1.54, 1.807) is 13.0 Å². The van der Waals surface area contributed by atoms with Gasteiger partial charge in [0.1, 0.15) is 17.5 Å². The van der Waals surface area contributed by atoms with Crippen LogP contribution in [0, 0.1) is 6.92 Å². The lowest BCUT2D eigenvalue weighted by Crippen LogP contribution is -2.19. The summed E-state index contributed by atoms with van der Waals surface area (Å²) in [6.45, 7) is 4.56. The number of carbonyl (C=O) groups excluding carboxylic acids is 3. The molecule has 0 radical (unpaired) electrons. The molecule has 98 valence electrons. The molecule has 0 aliphatic heterocycles. The van der Waals surface area contributed by atoms with E-state index in [-0.39, 0.29) is 29.5 Å². The molecule has 0 saturated heterocycles. The van der Waals surface area contributed by atoms with Crippen LogP contribution in [0.4, 0.5) is 0 Å². The van der Waals surface area contributed by atoms with Crippen LogP contribution in [-0.4, -0.2) is 22.5 Å². The van der Waals surface area contributed by atoms with Crippen molar-refractivity contribution in [2.45, 2.75) is 46.0 Å². The smallest absolute Gasteiger partial charge is 0.154 e. The Kier molecular flexibility index (Phi) is 4.95. The second-order valence-electron chi connectivity index (χ2n) is 4.44. The maximum absolute atomic E-state index is 12.0. The van der Waals surface area contributed by atoms with Gasteiger partial charge in [-0.15, -0.1) is 0 Å². The second-order valence-corrected chi connectivity index (χ2v) is 4.44. The first-order valence-corrected chi connectivity index (χ1v) is 5.87. The van der Waals surface area contributed by atoms with E-state index in [0.29, 0.717) is 18.5 Å². The number of Topliss-reactive ketones (excluding diaryl/α,β-unsaturated/α-hetero) is 3. The third kappa shape index (κ3) is 3.91. The van der Waals surface area contributed by atoms with Crippen LogP contribution in [0.25, 0.3) is 0 Å². The van der Waals surface area contributed by atoms with Crippen LogP contribution in [0.3, 0.4) is 0 Å². The lowest BCUT2D eigenvalue weighted by atomic mass is 9.93. The Morgan fingerprint density at radius 2 is 1.94 bits per heavy atom. The molecule has 0 spiro atoms. The zero-order chi connectivity index (χ0) is 13.7. The van der Waals surface area contributed by atoms with Gasteiger partial charge in [0.05, 0.1) is 5.69 Å². The van der Waals surface area contributed by atoms with E-state index in [0.717, 1.165) is 0 Å². The number of rotatable bonds is 7. The summed E-state index contributed by atoms with van der Waals surface area (Å²) in [6, 6.07) is 1.59. The molecule has 1 rings (SSSR count). The quantitative estimate of drug-likeness (QED) is 0.692. The van der Waals surface area contributed by atoms with Gasteiger partial charge in [0.2, 0.25) is 0 Å². The van der Waals surface area contributed by atoms with Crippen molar-refractivity contribution in [1.29, 1.82) is 0 Å². The van der Waals surface area contributed by atoms with Crippen molar-refractivity contribution >= 4 is 17.3 Å². The molecule has 0 N–H and O–H groups in total. The first-order chi connectivity index (χ1) is 8.41. The topological polar surface area (TPSA) is 77.2 Å². The Bertz CT molecular complexity index is 461. The average Bonchev–Trinajstić information content (AvgIpc) is 2.63. The monoisotopic (exact) mass is 251 g/mol. The summed E-state index contributed by atoms with van der Waals surface area (Å²) >= 11 is 0. The maximum atomic E-state index is 12.0. The Morgan fingerprint density at radius 3 is 2.39 bits per heavy atom. The van der Waals surface area contributed by atoms with E-state index in [1.165, 1.54) is 13.8 Å². The number of ketones is 3. The third-order valence-corrected chi connectivity index (χ3v) is 2.61. The van der Waals surface area contributed by atoms with E-state index in [4.69, 9.17) is 4.52 Å². The summed E-state index contributed by atoms with van der Waals surface area (Å²) in [5.41, 5.74) is 0.632. The zero-order valence-corrected chi connectivity index (χ0v) is 10.9. The minimum absolute atomic E-state index is 0.0395. The molecule has 0 amide bonds. The van der Waals surface area contributed by atoms with Gasteiger partial charge < -0.3 is 9.32 Å². The molecule has 18 heavy (non-hydrogen) atoms. The van der Waals surface area contributed by atoms with Crippen LogP contribution in [0.1, 0.15) is 50.5 Å². The number of hydrogen-bond donors (Lipinski definition) is 0. The first kappa shape index (κ1) is 14.3. The highest BCUT2D eigenvalue weighted by Gasteiger charge is 2.28. The Morgan fingerprint density at radius 1 is 1.28 bits per heavy atom. The van der Waals surface area contributed by atoms with E-state index >= 15 is 0 Å².